The molecule has 7 heteroatoms. The van der Waals surface area contributed by atoms with E-state index >= 15 is 0 Å². The Labute approximate surface area is 115 Å². The Bertz CT molecular complexity index is 732. The summed E-state index contributed by atoms with van der Waals surface area (Å²) in [5, 5.41) is 17.4. The van der Waals surface area contributed by atoms with E-state index in [4.69, 9.17) is 14.8 Å². The quantitative estimate of drug-likeness (QED) is 0.933. The number of nitriles is 1. The average molecular weight is 293 g/mol. The molecule has 0 radical (unpaired) electrons. The minimum absolute atomic E-state index is 0.00152. The van der Waals surface area contributed by atoms with Crippen molar-refractivity contribution in [1.29, 1.82) is 5.26 Å². The lowest BCUT2D eigenvalue weighted by Crippen LogP contribution is -1.97. The molecule has 1 aromatic heterocycles. The molecule has 1 aromatic carbocycles. The second-order valence-corrected chi connectivity index (χ2v) is 5.22. The summed E-state index contributed by atoms with van der Waals surface area (Å²) in [5.41, 5.74) is 0.361. The van der Waals surface area contributed by atoms with Crippen LogP contribution in [0.5, 0.6) is 0 Å². The molecule has 0 aliphatic rings. The van der Waals surface area contributed by atoms with E-state index in [-0.39, 0.29) is 22.2 Å². The van der Waals surface area contributed by atoms with Crippen LogP contribution in [0.15, 0.2) is 39.8 Å². The van der Waals surface area contributed by atoms with E-state index in [2.05, 4.69) is 0 Å². The highest BCUT2D eigenvalue weighted by Gasteiger charge is 2.14. The van der Waals surface area contributed by atoms with Crippen molar-refractivity contribution in [3.63, 3.8) is 0 Å². The highest BCUT2D eigenvalue weighted by Crippen LogP contribution is 2.17. The van der Waals surface area contributed by atoms with Gasteiger partial charge in [0.05, 0.1) is 22.1 Å². The molecule has 0 aliphatic heterocycles. The first-order valence-electron chi connectivity index (χ1n) is 5.41. The molecular weight excluding hydrogens is 285 g/mol. The molecule has 1 unspecified atom stereocenters. The third kappa shape index (κ3) is 2.92. The summed E-state index contributed by atoms with van der Waals surface area (Å²) in [4.78, 5) is 10.6. The molecule has 0 saturated heterocycles. The van der Waals surface area contributed by atoms with Crippen LogP contribution < -0.4 is 0 Å². The number of halogens is 1. The van der Waals surface area contributed by atoms with Gasteiger partial charge in [0.15, 0.2) is 5.09 Å². The van der Waals surface area contributed by atoms with Gasteiger partial charge in [0.2, 0.25) is 5.76 Å². The zero-order valence-corrected chi connectivity index (χ0v) is 10.8. The molecule has 0 amide bonds. The van der Waals surface area contributed by atoms with Gasteiger partial charge in [-0.25, -0.2) is 9.18 Å². The van der Waals surface area contributed by atoms with Gasteiger partial charge in [-0.1, -0.05) is 6.07 Å². The Balaban J connectivity index is 2.19. The summed E-state index contributed by atoms with van der Waals surface area (Å²) in [7, 11) is -1.61. The van der Waals surface area contributed by atoms with Crippen LogP contribution in [0.3, 0.4) is 0 Å². The van der Waals surface area contributed by atoms with Crippen LogP contribution in [0.25, 0.3) is 0 Å². The highest BCUT2D eigenvalue weighted by atomic mass is 32.2. The topological polar surface area (TPSA) is 91.3 Å². The second-order valence-electron chi connectivity index (χ2n) is 3.84. The maximum atomic E-state index is 13.1. The van der Waals surface area contributed by atoms with Gasteiger partial charge in [0.1, 0.15) is 11.9 Å². The molecule has 0 aliphatic carbocycles. The van der Waals surface area contributed by atoms with E-state index in [1.807, 2.05) is 0 Å². The molecule has 0 spiro atoms. The number of aromatic carboxylic acids is 1. The van der Waals surface area contributed by atoms with E-state index in [1.54, 1.807) is 6.07 Å². The monoisotopic (exact) mass is 293 g/mol. The molecule has 2 aromatic rings. The lowest BCUT2D eigenvalue weighted by molar-refractivity contribution is 0.0656. The fraction of sp³-hybridized carbons (Fsp3) is 0.0769. The SMILES string of the molecule is N#Cc1cc(CS(=O)c2ccc(C(=O)O)o2)ccc1F. The van der Waals surface area contributed by atoms with Crippen LogP contribution in [-0.4, -0.2) is 15.3 Å². The number of rotatable bonds is 4. The molecule has 20 heavy (non-hydrogen) atoms. The molecule has 2 rings (SSSR count). The van der Waals surface area contributed by atoms with Crippen molar-refractivity contribution in [3.8, 4) is 6.07 Å². The van der Waals surface area contributed by atoms with Crippen LogP contribution in [-0.2, 0) is 16.6 Å². The van der Waals surface area contributed by atoms with Crippen molar-refractivity contribution in [2.45, 2.75) is 10.8 Å². The summed E-state index contributed by atoms with van der Waals surface area (Å²) in [6, 6.07) is 8.05. The third-order valence-electron chi connectivity index (χ3n) is 2.47. The van der Waals surface area contributed by atoms with Crippen LogP contribution in [0.4, 0.5) is 4.39 Å². The Morgan fingerprint density at radius 3 is 2.75 bits per heavy atom. The Morgan fingerprint density at radius 1 is 1.40 bits per heavy atom. The van der Waals surface area contributed by atoms with Crippen molar-refractivity contribution in [3.05, 3.63) is 53.0 Å². The van der Waals surface area contributed by atoms with Gasteiger partial charge >= 0.3 is 5.97 Å². The molecule has 1 heterocycles. The van der Waals surface area contributed by atoms with Crippen molar-refractivity contribution in [2.24, 2.45) is 0 Å². The van der Waals surface area contributed by atoms with Gasteiger partial charge in [-0.2, -0.15) is 5.26 Å². The first-order chi connectivity index (χ1) is 9.51. The summed E-state index contributed by atoms with van der Waals surface area (Å²) in [6.07, 6.45) is 0. The van der Waals surface area contributed by atoms with E-state index in [9.17, 15) is 13.4 Å². The highest BCUT2D eigenvalue weighted by molar-refractivity contribution is 7.84. The van der Waals surface area contributed by atoms with E-state index in [0.29, 0.717) is 5.56 Å². The van der Waals surface area contributed by atoms with Gasteiger partial charge in [-0.05, 0) is 29.8 Å². The zero-order valence-electron chi connectivity index (χ0n) is 10.00. The largest absolute Gasteiger partial charge is 0.475 e. The van der Waals surface area contributed by atoms with E-state index in [0.717, 1.165) is 6.07 Å². The number of hydrogen-bond acceptors (Lipinski definition) is 4. The van der Waals surface area contributed by atoms with Crippen LogP contribution in [0.1, 0.15) is 21.7 Å². The minimum Gasteiger partial charge on any atom is -0.475 e. The Kier molecular flexibility index (Phi) is 3.96. The van der Waals surface area contributed by atoms with Crippen molar-refractivity contribution in [2.75, 3.05) is 0 Å². The number of carbonyl (C=O) groups is 1. The molecule has 1 atom stereocenters. The number of nitrogens with zero attached hydrogens (tertiary/aromatic N) is 1. The number of carboxylic acid groups (broad SMARTS) is 1. The standard InChI is InChI=1S/C13H8FNO4S/c14-10-2-1-8(5-9(10)6-15)7-20(18)12-4-3-11(19-12)13(16)17/h1-5H,7H2,(H,16,17). The maximum absolute atomic E-state index is 13.1. The van der Waals surface area contributed by atoms with Gasteiger partial charge in [0, 0.05) is 0 Å². The molecular formula is C13H8FNO4S. The fourth-order valence-corrected chi connectivity index (χ4v) is 2.55. The van der Waals surface area contributed by atoms with Gasteiger partial charge in [0.25, 0.3) is 0 Å². The summed E-state index contributed by atoms with van der Waals surface area (Å²) >= 11 is 0. The molecule has 102 valence electrons. The fourth-order valence-electron chi connectivity index (χ4n) is 1.53. The summed E-state index contributed by atoms with van der Waals surface area (Å²) < 4.78 is 30.0. The zero-order chi connectivity index (χ0) is 14.7. The number of carboxylic acids is 1. The Hall–Kier alpha value is -2.46. The predicted octanol–water partition coefficient (Wildman–Crippen LogP) is 2.30. The lowest BCUT2D eigenvalue weighted by Gasteiger charge is -2.01. The first kappa shape index (κ1) is 14.0. The van der Waals surface area contributed by atoms with Crippen LogP contribution >= 0.6 is 0 Å². The Morgan fingerprint density at radius 2 is 2.15 bits per heavy atom. The van der Waals surface area contributed by atoms with Gasteiger partial charge in [-0.3, -0.25) is 4.21 Å². The number of benzene rings is 1. The molecule has 5 nitrogen and oxygen atoms in total. The minimum atomic E-state index is -1.61. The van der Waals surface area contributed by atoms with E-state index < -0.39 is 22.6 Å². The maximum Gasteiger partial charge on any atom is 0.371 e. The number of hydrogen-bond donors (Lipinski definition) is 1. The van der Waals surface area contributed by atoms with Crippen molar-refractivity contribution in [1.82, 2.24) is 0 Å². The van der Waals surface area contributed by atoms with Crippen LogP contribution in [0.2, 0.25) is 0 Å². The van der Waals surface area contributed by atoms with Crippen LogP contribution in [0, 0.1) is 17.1 Å². The normalized spacial score (nSPS) is 11.8. The third-order valence-corrected chi connectivity index (χ3v) is 3.73. The predicted molar refractivity (Wildman–Crippen MR) is 66.9 cm³/mol. The molecule has 0 fully saturated rings. The van der Waals surface area contributed by atoms with Gasteiger partial charge in [-0.15, -0.1) is 0 Å². The summed E-state index contributed by atoms with van der Waals surface area (Å²) in [5.74, 6) is -2.19. The smallest absolute Gasteiger partial charge is 0.371 e. The second kappa shape index (κ2) is 5.67. The van der Waals surface area contributed by atoms with Crippen molar-refractivity contribution < 1.29 is 22.9 Å². The molecule has 0 bridgehead atoms. The lowest BCUT2D eigenvalue weighted by atomic mass is 10.1. The molecule has 1 N–H and O–H groups in total. The summed E-state index contributed by atoms with van der Waals surface area (Å²) in [6.45, 7) is 0. The van der Waals surface area contributed by atoms with E-state index in [1.165, 1.54) is 24.3 Å². The van der Waals surface area contributed by atoms with Gasteiger partial charge < -0.3 is 9.52 Å². The first-order valence-corrected chi connectivity index (χ1v) is 6.73. The molecule has 0 saturated carbocycles. The number of furan rings is 1. The average Bonchev–Trinajstić information content (AvgIpc) is 2.91. The van der Waals surface area contributed by atoms with Crippen molar-refractivity contribution >= 4 is 16.8 Å².